The minimum absolute atomic E-state index is 0.0145. The van der Waals surface area contributed by atoms with Gasteiger partial charge in [0.2, 0.25) is 11.8 Å². The van der Waals surface area contributed by atoms with Gasteiger partial charge in [-0.3, -0.25) is 9.59 Å². The van der Waals surface area contributed by atoms with Crippen molar-refractivity contribution in [2.24, 2.45) is 0 Å². The van der Waals surface area contributed by atoms with E-state index in [0.29, 0.717) is 34.2 Å². The summed E-state index contributed by atoms with van der Waals surface area (Å²) in [5.41, 5.74) is 2.42. The summed E-state index contributed by atoms with van der Waals surface area (Å²) < 4.78 is 1.78. The normalized spacial score (nSPS) is 10.8. The molecule has 1 aromatic heterocycles. The summed E-state index contributed by atoms with van der Waals surface area (Å²) >= 11 is 7.37. The average Bonchev–Trinajstić information content (AvgIpc) is 3.15. The smallest absolute Gasteiger partial charge is 0.234 e. The fraction of sp³-hybridized carbons (Fsp3) is 0.250. The zero-order chi connectivity index (χ0) is 23.8. The van der Waals surface area contributed by atoms with Crippen LogP contribution in [0.2, 0.25) is 5.02 Å². The summed E-state index contributed by atoms with van der Waals surface area (Å²) in [6.07, 6.45) is 1.71. The van der Waals surface area contributed by atoms with Gasteiger partial charge in [-0.15, -0.1) is 16.8 Å². The third-order valence-electron chi connectivity index (χ3n) is 4.76. The van der Waals surface area contributed by atoms with Crippen molar-refractivity contribution in [3.63, 3.8) is 0 Å². The molecule has 2 aromatic carbocycles. The Balaban J connectivity index is 1.64. The van der Waals surface area contributed by atoms with Gasteiger partial charge in [-0.2, -0.15) is 0 Å². The summed E-state index contributed by atoms with van der Waals surface area (Å²) in [6, 6.07) is 14.8. The quantitative estimate of drug-likeness (QED) is 0.307. The number of allylic oxidation sites excluding steroid dienone is 1. The van der Waals surface area contributed by atoms with E-state index in [0.717, 1.165) is 11.3 Å². The van der Waals surface area contributed by atoms with Crippen LogP contribution in [0.15, 0.2) is 66.3 Å². The molecule has 1 heterocycles. The monoisotopic (exact) mass is 483 g/mol. The fourth-order valence-corrected chi connectivity index (χ4v) is 4.15. The molecular formula is C24H26ClN5O2S. The fourth-order valence-electron chi connectivity index (χ4n) is 3.20. The first-order chi connectivity index (χ1) is 15.9. The van der Waals surface area contributed by atoms with Crippen LogP contribution in [-0.2, 0) is 22.6 Å². The van der Waals surface area contributed by atoms with Gasteiger partial charge < -0.3 is 15.2 Å². The molecule has 0 fully saturated rings. The number of aromatic nitrogens is 3. The lowest BCUT2D eigenvalue weighted by Crippen LogP contribution is -2.18. The second-order valence-electron chi connectivity index (χ2n) is 7.58. The molecule has 3 aromatic rings. The molecule has 0 saturated carbocycles. The van der Waals surface area contributed by atoms with Gasteiger partial charge >= 0.3 is 0 Å². The van der Waals surface area contributed by atoms with Crippen molar-refractivity contribution in [3.8, 4) is 0 Å². The van der Waals surface area contributed by atoms with Crippen molar-refractivity contribution in [2.45, 2.75) is 37.9 Å². The molecule has 3 rings (SSSR count). The molecule has 0 atom stereocenters. The standard InChI is InChI=1S/C24H26ClN5O2S/c1-4-13-30-21(14-22(31)27-20-12-8-6-10-18(20)25)28-29-24(30)33-15-23(32)26-19-11-7-5-9-17(19)16(2)3/h4-12,16H,1,13-15H2,2-3H3,(H,26,32)(H,27,31). The zero-order valence-corrected chi connectivity index (χ0v) is 20.1. The number of amides is 2. The Morgan fingerprint density at radius 1 is 1.06 bits per heavy atom. The Morgan fingerprint density at radius 2 is 1.73 bits per heavy atom. The molecule has 0 radical (unpaired) electrons. The third kappa shape index (κ3) is 6.69. The number of hydrogen-bond donors (Lipinski definition) is 2. The minimum atomic E-state index is -0.264. The first-order valence-corrected chi connectivity index (χ1v) is 11.8. The zero-order valence-electron chi connectivity index (χ0n) is 18.5. The molecule has 0 aliphatic heterocycles. The Bertz CT molecular complexity index is 1150. The maximum Gasteiger partial charge on any atom is 0.234 e. The SMILES string of the molecule is C=CCn1c(CC(=O)Nc2ccccc2Cl)nnc1SCC(=O)Nc1ccccc1C(C)C. The summed E-state index contributed by atoms with van der Waals surface area (Å²) in [5.74, 6) is 0.532. The average molecular weight is 484 g/mol. The second kappa shape index (κ2) is 11.7. The van der Waals surface area contributed by atoms with E-state index in [1.54, 1.807) is 34.9 Å². The molecule has 0 bridgehead atoms. The molecule has 2 N–H and O–H groups in total. The van der Waals surface area contributed by atoms with Crippen molar-refractivity contribution in [2.75, 3.05) is 16.4 Å². The largest absolute Gasteiger partial charge is 0.325 e. The Hall–Kier alpha value is -3.10. The molecule has 0 saturated heterocycles. The molecule has 0 aliphatic rings. The number of nitrogens with one attached hydrogen (secondary N) is 2. The summed E-state index contributed by atoms with van der Waals surface area (Å²) in [4.78, 5) is 25.1. The lowest BCUT2D eigenvalue weighted by Gasteiger charge is -2.13. The highest BCUT2D eigenvalue weighted by Gasteiger charge is 2.17. The number of carbonyl (C=O) groups excluding carboxylic acids is 2. The summed E-state index contributed by atoms with van der Waals surface area (Å²) in [7, 11) is 0. The van der Waals surface area contributed by atoms with Crippen LogP contribution in [0.25, 0.3) is 0 Å². The van der Waals surface area contributed by atoms with Gasteiger partial charge in [0.15, 0.2) is 5.16 Å². The highest BCUT2D eigenvalue weighted by Crippen LogP contribution is 2.25. The second-order valence-corrected chi connectivity index (χ2v) is 8.93. The number of anilines is 2. The van der Waals surface area contributed by atoms with Gasteiger partial charge in [-0.25, -0.2) is 0 Å². The molecule has 0 unspecified atom stereocenters. The van der Waals surface area contributed by atoms with E-state index in [4.69, 9.17) is 11.6 Å². The van der Waals surface area contributed by atoms with Crippen molar-refractivity contribution in [1.29, 1.82) is 0 Å². The van der Waals surface area contributed by atoms with Crippen LogP contribution >= 0.6 is 23.4 Å². The van der Waals surface area contributed by atoms with E-state index in [-0.39, 0.29) is 24.0 Å². The van der Waals surface area contributed by atoms with Gasteiger partial charge in [0.25, 0.3) is 0 Å². The predicted molar refractivity (Wildman–Crippen MR) is 134 cm³/mol. The van der Waals surface area contributed by atoms with Crippen molar-refractivity contribution in [3.05, 3.63) is 77.6 Å². The van der Waals surface area contributed by atoms with Crippen molar-refractivity contribution >= 4 is 46.6 Å². The minimum Gasteiger partial charge on any atom is -0.325 e. The highest BCUT2D eigenvalue weighted by atomic mass is 35.5. The lowest BCUT2D eigenvalue weighted by molar-refractivity contribution is -0.116. The van der Waals surface area contributed by atoms with Gasteiger partial charge in [0.05, 0.1) is 22.9 Å². The molecule has 0 spiro atoms. The number of nitrogens with zero attached hydrogens (tertiary/aromatic N) is 3. The molecule has 172 valence electrons. The number of hydrogen-bond acceptors (Lipinski definition) is 5. The van der Waals surface area contributed by atoms with E-state index >= 15 is 0 Å². The maximum atomic E-state index is 12.6. The van der Waals surface area contributed by atoms with E-state index < -0.39 is 0 Å². The van der Waals surface area contributed by atoms with Crippen LogP contribution in [0, 0.1) is 0 Å². The molecule has 7 nitrogen and oxygen atoms in total. The van der Waals surface area contributed by atoms with Gasteiger partial charge in [0, 0.05) is 12.2 Å². The third-order valence-corrected chi connectivity index (χ3v) is 6.06. The van der Waals surface area contributed by atoms with Crippen LogP contribution in [-0.4, -0.2) is 32.3 Å². The molecule has 9 heteroatoms. The first-order valence-electron chi connectivity index (χ1n) is 10.5. The first kappa shape index (κ1) is 24.5. The summed E-state index contributed by atoms with van der Waals surface area (Å²) in [5, 5.41) is 15.1. The van der Waals surface area contributed by atoms with Crippen molar-refractivity contribution in [1.82, 2.24) is 14.8 Å². The number of thioether (sulfide) groups is 1. The molecule has 2 amide bonds. The molecule has 0 aliphatic carbocycles. The highest BCUT2D eigenvalue weighted by molar-refractivity contribution is 7.99. The maximum absolute atomic E-state index is 12.6. The van der Waals surface area contributed by atoms with Crippen LogP contribution in [0.4, 0.5) is 11.4 Å². The van der Waals surface area contributed by atoms with Crippen molar-refractivity contribution < 1.29 is 9.59 Å². The number of para-hydroxylation sites is 2. The molecule has 33 heavy (non-hydrogen) atoms. The van der Waals surface area contributed by atoms with Gasteiger partial charge in [-0.1, -0.05) is 73.6 Å². The van der Waals surface area contributed by atoms with Crippen LogP contribution in [0.5, 0.6) is 0 Å². The summed E-state index contributed by atoms with van der Waals surface area (Å²) in [6.45, 7) is 8.36. The van der Waals surface area contributed by atoms with Gasteiger partial charge in [0.1, 0.15) is 5.82 Å². The van der Waals surface area contributed by atoms with Crippen LogP contribution in [0.1, 0.15) is 31.2 Å². The van der Waals surface area contributed by atoms with Gasteiger partial charge in [-0.05, 0) is 29.7 Å². The predicted octanol–water partition coefficient (Wildman–Crippen LogP) is 5.15. The van der Waals surface area contributed by atoms with Crippen LogP contribution < -0.4 is 10.6 Å². The topological polar surface area (TPSA) is 88.9 Å². The Morgan fingerprint density at radius 3 is 2.42 bits per heavy atom. The van der Waals surface area contributed by atoms with E-state index in [1.165, 1.54) is 11.8 Å². The Labute approximate surface area is 202 Å². The Kier molecular flexibility index (Phi) is 8.68. The van der Waals surface area contributed by atoms with E-state index in [9.17, 15) is 9.59 Å². The number of halogens is 1. The number of rotatable bonds is 10. The van der Waals surface area contributed by atoms with Crippen LogP contribution in [0.3, 0.4) is 0 Å². The number of benzene rings is 2. The van der Waals surface area contributed by atoms with E-state index in [2.05, 4.69) is 41.3 Å². The lowest BCUT2D eigenvalue weighted by atomic mass is 10.0. The van der Waals surface area contributed by atoms with E-state index in [1.807, 2.05) is 24.3 Å². The number of carbonyl (C=O) groups is 2. The molecular weight excluding hydrogens is 458 g/mol.